The quantitative estimate of drug-likeness (QED) is 0.671. The van der Waals surface area contributed by atoms with Gasteiger partial charge in [-0.25, -0.2) is 0 Å². The fourth-order valence-corrected chi connectivity index (χ4v) is 2.75. The van der Waals surface area contributed by atoms with Crippen LogP contribution in [0.1, 0.15) is 37.6 Å². The second-order valence-electron chi connectivity index (χ2n) is 5.82. The Bertz CT molecular complexity index is 732. The van der Waals surface area contributed by atoms with Crippen molar-refractivity contribution in [1.82, 2.24) is 15.0 Å². The maximum Gasteiger partial charge on any atom is 0.231 e. The molecule has 23 heavy (non-hydrogen) atoms. The van der Waals surface area contributed by atoms with E-state index in [1.54, 1.807) is 0 Å². The molecule has 1 fully saturated rings. The Kier molecular flexibility index (Phi) is 4.14. The van der Waals surface area contributed by atoms with E-state index in [-0.39, 0.29) is 11.9 Å². The third kappa shape index (κ3) is 3.11. The maximum atomic E-state index is 7.49. The molecular weight excluding hydrogens is 290 g/mol. The monoisotopic (exact) mass is 311 g/mol. The predicted molar refractivity (Wildman–Crippen MR) is 89.9 cm³/mol. The molecule has 1 atom stereocenters. The zero-order chi connectivity index (χ0) is 16.4. The molecule has 1 aromatic heterocycles. The number of aromatic nitrogens is 2. The van der Waals surface area contributed by atoms with E-state index in [1.165, 1.54) is 11.1 Å². The lowest BCUT2D eigenvalue weighted by Crippen LogP contribution is -2.34. The number of hydrogen-bond donors (Lipinski definition) is 2. The van der Waals surface area contributed by atoms with Crippen molar-refractivity contribution in [1.29, 1.82) is 5.41 Å². The number of benzene rings is 1. The first-order valence-corrected chi connectivity index (χ1v) is 7.74. The third-order valence-corrected chi connectivity index (χ3v) is 4.35. The summed E-state index contributed by atoms with van der Waals surface area (Å²) in [5, 5.41) is 11.6. The van der Waals surface area contributed by atoms with Gasteiger partial charge in [-0.2, -0.15) is 4.98 Å². The van der Waals surface area contributed by atoms with Crippen LogP contribution in [0.25, 0.3) is 17.0 Å². The van der Waals surface area contributed by atoms with Crippen LogP contribution in [0.3, 0.4) is 0 Å². The summed E-state index contributed by atoms with van der Waals surface area (Å²) >= 11 is 0. The molecule has 1 saturated heterocycles. The van der Waals surface area contributed by atoms with Crippen LogP contribution in [0.2, 0.25) is 0 Å². The van der Waals surface area contributed by atoms with Gasteiger partial charge in [0.05, 0.1) is 5.92 Å². The van der Waals surface area contributed by atoms with Gasteiger partial charge in [-0.05, 0) is 31.4 Å². The molecule has 0 amide bonds. The second kappa shape index (κ2) is 6.24. The first-order chi connectivity index (χ1) is 11.1. The van der Waals surface area contributed by atoms with Crippen LogP contribution in [0, 0.1) is 5.41 Å². The van der Waals surface area contributed by atoms with E-state index in [4.69, 9.17) is 15.7 Å². The summed E-state index contributed by atoms with van der Waals surface area (Å²) in [6.45, 7) is 5.54. The van der Waals surface area contributed by atoms with Crippen LogP contribution in [-0.4, -0.2) is 34.1 Å². The van der Waals surface area contributed by atoms with Crippen molar-refractivity contribution in [2.24, 2.45) is 5.73 Å². The van der Waals surface area contributed by atoms with Crippen LogP contribution in [-0.2, 0) is 0 Å². The average Bonchev–Trinajstić information content (AvgIpc) is 3.23. The van der Waals surface area contributed by atoms with E-state index in [2.05, 4.69) is 35.3 Å². The lowest BCUT2D eigenvalue weighted by Gasteiger charge is -2.14. The zero-order valence-electron chi connectivity index (χ0n) is 13.4. The van der Waals surface area contributed by atoms with Crippen molar-refractivity contribution in [3.05, 3.63) is 41.8 Å². The van der Waals surface area contributed by atoms with Crippen LogP contribution < -0.4 is 5.73 Å². The van der Waals surface area contributed by atoms with Gasteiger partial charge >= 0.3 is 0 Å². The normalized spacial score (nSPS) is 18.4. The third-order valence-electron chi connectivity index (χ3n) is 4.35. The summed E-state index contributed by atoms with van der Waals surface area (Å²) in [5.74, 6) is 1.47. The van der Waals surface area contributed by atoms with Gasteiger partial charge in [0, 0.05) is 18.7 Å². The molecule has 1 aromatic carbocycles. The number of nitrogens with zero attached hydrogens (tertiary/aromatic N) is 3. The zero-order valence-corrected chi connectivity index (χ0v) is 13.4. The number of guanidine groups is 1. The van der Waals surface area contributed by atoms with Gasteiger partial charge in [-0.15, -0.1) is 0 Å². The smallest absolute Gasteiger partial charge is 0.231 e. The SMILES string of the molecule is C/C=C(\C)c1ccc(-c2noc(C3CCN(C(=N)N)C3)n2)cc1. The lowest BCUT2D eigenvalue weighted by atomic mass is 10.1. The molecule has 3 rings (SSSR count). The molecule has 0 saturated carbocycles. The minimum absolute atomic E-state index is 0.0992. The molecule has 2 heterocycles. The Hall–Kier alpha value is -2.63. The standard InChI is InChI=1S/C17H21N5O/c1-3-11(2)12-4-6-13(7-5-12)15-20-16(23-21-15)14-8-9-22(10-14)17(18)19/h3-7,14H,8-10H2,1-2H3,(H3,18,19)/b11-3+. The van der Waals surface area contributed by atoms with Crippen LogP contribution in [0.15, 0.2) is 34.9 Å². The number of hydrogen-bond acceptors (Lipinski definition) is 4. The Morgan fingerprint density at radius 3 is 2.74 bits per heavy atom. The van der Waals surface area contributed by atoms with Gasteiger partial charge in [0.1, 0.15) is 0 Å². The molecule has 0 bridgehead atoms. The number of nitrogens with one attached hydrogen (secondary N) is 1. The molecule has 120 valence electrons. The molecule has 0 radical (unpaired) electrons. The first kappa shape index (κ1) is 15.3. The highest BCUT2D eigenvalue weighted by molar-refractivity contribution is 5.75. The van der Waals surface area contributed by atoms with Crippen molar-refractivity contribution in [2.45, 2.75) is 26.2 Å². The maximum absolute atomic E-state index is 7.49. The van der Waals surface area contributed by atoms with Crippen molar-refractivity contribution in [3.63, 3.8) is 0 Å². The molecule has 1 unspecified atom stereocenters. The summed E-state index contributed by atoms with van der Waals surface area (Å²) in [6, 6.07) is 8.14. The van der Waals surface area contributed by atoms with E-state index in [0.29, 0.717) is 18.3 Å². The first-order valence-electron chi connectivity index (χ1n) is 7.74. The van der Waals surface area contributed by atoms with Gasteiger partial charge in [0.15, 0.2) is 5.96 Å². The van der Waals surface area contributed by atoms with Crippen molar-refractivity contribution in [3.8, 4) is 11.4 Å². The van der Waals surface area contributed by atoms with Crippen LogP contribution in [0.4, 0.5) is 0 Å². The number of rotatable bonds is 3. The fourth-order valence-electron chi connectivity index (χ4n) is 2.75. The molecule has 2 aromatic rings. The van der Waals surface area contributed by atoms with Gasteiger partial charge in [-0.1, -0.05) is 35.5 Å². The van der Waals surface area contributed by atoms with Gasteiger partial charge < -0.3 is 15.2 Å². The molecule has 1 aliphatic rings. The van der Waals surface area contributed by atoms with Crippen molar-refractivity contribution >= 4 is 11.5 Å². The second-order valence-corrected chi connectivity index (χ2v) is 5.82. The number of nitrogens with two attached hydrogens (primary N) is 1. The summed E-state index contributed by atoms with van der Waals surface area (Å²) in [7, 11) is 0. The minimum Gasteiger partial charge on any atom is -0.370 e. The summed E-state index contributed by atoms with van der Waals surface area (Å²) < 4.78 is 5.42. The van der Waals surface area contributed by atoms with E-state index in [9.17, 15) is 0 Å². The Labute approximate surface area is 135 Å². The highest BCUT2D eigenvalue weighted by Gasteiger charge is 2.29. The molecule has 0 aliphatic carbocycles. The Morgan fingerprint density at radius 2 is 2.13 bits per heavy atom. The topological polar surface area (TPSA) is 92.0 Å². The number of likely N-dealkylation sites (tertiary alicyclic amines) is 1. The minimum atomic E-state index is 0.0992. The highest BCUT2D eigenvalue weighted by atomic mass is 16.5. The summed E-state index contributed by atoms with van der Waals surface area (Å²) in [6.07, 6.45) is 2.96. The highest BCUT2D eigenvalue weighted by Crippen LogP contribution is 2.28. The Morgan fingerprint density at radius 1 is 1.39 bits per heavy atom. The van der Waals surface area contributed by atoms with E-state index in [0.717, 1.165) is 18.5 Å². The van der Waals surface area contributed by atoms with Gasteiger partial charge in [0.2, 0.25) is 11.7 Å². The van der Waals surface area contributed by atoms with E-state index >= 15 is 0 Å². The molecule has 3 N–H and O–H groups in total. The van der Waals surface area contributed by atoms with Gasteiger partial charge in [0.25, 0.3) is 0 Å². The van der Waals surface area contributed by atoms with Crippen LogP contribution >= 0.6 is 0 Å². The van der Waals surface area contributed by atoms with E-state index in [1.807, 2.05) is 24.0 Å². The predicted octanol–water partition coefficient (Wildman–Crippen LogP) is 2.84. The van der Waals surface area contributed by atoms with Crippen LogP contribution in [0.5, 0.6) is 0 Å². The molecule has 6 heteroatoms. The van der Waals surface area contributed by atoms with Crippen molar-refractivity contribution in [2.75, 3.05) is 13.1 Å². The molecule has 1 aliphatic heterocycles. The van der Waals surface area contributed by atoms with Crippen molar-refractivity contribution < 1.29 is 4.52 Å². The van der Waals surface area contributed by atoms with E-state index < -0.39 is 0 Å². The summed E-state index contributed by atoms with van der Waals surface area (Å²) in [5.41, 5.74) is 8.89. The number of allylic oxidation sites excluding steroid dienone is 2. The van der Waals surface area contributed by atoms with Gasteiger partial charge in [-0.3, -0.25) is 5.41 Å². The summed E-state index contributed by atoms with van der Waals surface area (Å²) in [4.78, 5) is 6.34. The average molecular weight is 311 g/mol. The lowest BCUT2D eigenvalue weighted by molar-refractivity contribution is 0.354. The molecular formula is C17H21N5O. The molecule has 0 spiro atoms. The largest absolute Gasteiger partial charge is 0.370 e. The fraction of sp³-hybridized carbons (Fsp3) is 0.353. The Balaban J connectivity index is 1.76. The molecule has 6 nitrogen and oxygen atoms in total.